The maximum absolute atomic E-state index is 11.7. The van der Waals surface area contributed by atoms with E-state index in [4.69, 9.17) is 19.5 Å². The number of aliphatic hydroxyl groups excluding tert-OH is 1. The molecule has 19 nitrogen and oxygen atoms in total. The van der Waals surface area contributed by atoms with Crippen molar-refractivity contribution in [2.24, 2.45) is 0 Å². The van der Waals surface area contributed by atoms with Gasteiger partial charge in [0.2, 0.25) is 0 Å². The van der Waals surface area contributed by atoms with Crippen molar-refractivity contribution in [3.05, 3.63) is 33.1 Å². The summed E-state index contributed by atoms with van der Waals surface area (Å²) >= 11 is 0. The molecule has 172 valence electrons. The average Bonchev–Trinajstić information content (AvgIpc) is 2.73. The van der Waals surface area contributed by atoms with Crippen LogP contribution in [0.25, 0.3) is 0 Å². The molecule has 2 heterocycles. The summed E-state index contributed by atoms with van der Waals surface area (Å²) in [7, 11) is -17.0. The Morgan fingerprint density at radius 2 is 1.70 bits per heavy atom. The maximum atomic E-state index is 11.7. The summed E-state index contributed by atoms with van der Waals surface area (Å²) in [5.41, 5.74) is -2.10. The molecule has 0 bridgehead atoms. The fraction of sp³-hybridized carbons (Fsp3) is 0.500. The molecule has 0 spiro atoms. The predicted octanol–water partition coefficient (Wildman–Crippen LogP) is -3.87. The molecule has 30 heavy (non-hydrogen) atoms. The normalized spacial score (nSPS) is 25.6. The van der Waals surface area contributed by atoms with Gasteiger partial charge in [0.25, 0.3) is 5.56 Å². The van der Waals surface area contributed by atoms with E-state index >= 15 is 0 Å². The molecule has 1 saturated heterocycles. The van der Waals surface area contributed by atoms with Gasteiger partial charge in [-0.05, 0) is 0 Å². The van der Waals surface area contributed by atoms with E-state index in [0.29, 0.717) is 4.68 Å². The van der Waals surface area contributed by atoms with E-state index in [1.807, 2.05) is 0 Å². The second-order valence-electron chi connectivity index (χ2n) is 5.39. The van der Waals surface area contributed by atoms with Crippen molar-refractivity contribution in [3.63, 3.8) is 0 Å². The van der Waals surface area contributed by atoms with Crippen LogP contribution in [0.3, 0.4) is 0 Å². The highest BCUT2D eigenvalue weighted by Gasteiger charge is 2.56. The largest absolute Gasteiger partial charge is 0.490 e. The number of aromatic amines is 1. The number of aromatic nitrogens is 2. The third kappa shape index (κ3) is 6.13. The molecule has 2 rings (SSSR count). The summed E-state index contributed by atoms with van der Waals surface area (Å²) in [5, 5.41) is 29.7. The van der Waals surface area contributed by atoms with Crippen molar-refractivity contribution in [3.8, 4) is 0 Å². The molecule has 0 aromatic carbocycles. The van der Waals surface area contributed by atoms with Crippen LogP contribution in [0, 0.1) is 0 Å². The third-order valence-electron chi connectivity index (χ3n) is 3.08. The van der Waals surface area contributed by atoms with E-state index in [-0.39, 0.29) is 5.17 Å². The van der Waals surface area contributed by atoms with Crippen LogP contribution < -0.4 is 16.4 Å². The number of hydrogen-bond acceptors (Lipinski definition) is 13. The van der Waals surface area contributed by atoms with E-state index in [9.17, 15) is 43.5 Å². The van der Waals surface area contributed by atoms with Crippen molar-refractivity contribution in [1.29, 1.82) is 0 Å². The van der Waals surface area contributed by atoms with Crippen molar-refractivity contribution in [1.82, 2.24) is 9.66 Å². The summed E-state index contributed by atoms with van der Waals surface area (Å²) in [4.78, 5) is 64.6. The van der Waals surface area contributed by atoms with Gasteiger partial charge >= 0.3 is 35.1 Å². The van der Waals surface area contributed by atoms with Gasteiger partial charge in [0, 0.05) is 12.3 Å². The van der Waals surface area contributed by atoms with E-state index < -0.39 is 59.4 Å². The van der Waals surface area contributed by atoms with Gasteiger partial charge in [-0.25, -0.2) is 23.3 Å². The second-order valence-corrected chi connectivity index (χ2v) is 9.81. The number of phosphoric ester groups is 1. The summed E-state index contributed by atoms with van der Waals surface area (Å²) in [5.74, 6) is -3.34. The Balaban J connectivity index is 2.13. The Kier molecular flexibility index (Phi) is 6.95. The van der Waals surface area contributed by atoms with Crippen LogP contribution >= 0.6 is 23.5 Å². The van der Waals surface area contributed by atoms with Crippen LogP contribution in [-0.4, -0.2) is 69.3 Å². The number of rotatable bonds is 8. The van der Waals surface area contributed by atoms with Gasteiger partial charge in [-0.3, -0.25) is 14.3 Å². The Hall–Kier alpha value is -1.27. The molecule has 8 N–H and O–H groups in total. The smallest absolute Gasteiger partial charge is 0.382 e. The fourth-order valence-electron chi connectivity index (χ4n) is 1.98. The molecular formula is C8H14N3O16P3. The topological polar surface area (TPSA) is 288 Å². The zero-order chi connectivity index (χ0) is 23.1. The van der Waals surface area contributed by atoms with E-state index in [0.717, 1.165) is 12.3 Å². The van der Waals surface area contributed by atoms with Gasteiger partial charge in [0.15, 0.2) is 6.10 Å². The van der Waals surface area contributed by atoms with Crippen LogP contribution in [0.15, 0.2) is 21.9 Å². The first kappa shape index (κ1) is 25.0. The lowest BCUT2D eigenvalue weighted by atomic mass is 10.2. The lowest BCUT2D eigenvalue weighted by Crippen LogP contribution is -2.58. The zero-order valence-electron chi connectivity index (χ0n) is 14.1. The summed E-state index contributed by atoms with van der Waals surface area (Å²) in [6, 6.07) is 0.770. The number of H-pyrrole nitrogens is 1. The van der Waals surface area contributed by atoms with Gasteiger partial charge in [-0.1, -0.05) is 0 Å². The highest BCUT2D eigenvalue weighted by Crippen LogP contribution is 2.66. The van der Waals surface area contributed by atoms with Crippen molar-refractivity contribution >= 4 is 23.5 Å². The quantitative estimate of drug-likeness (QED) is 0.125. The van der Waals surface area contributed by atoms with Crippen molar-refractivity contribution in [2.75, 3.05) is 11.8 Å². The lowest BCUT2D eigenvalue weighted by molar-refractivity contribution is -0.229. The second kappa shape index (κ2) is 8.34. The minimum absolute atomic E-state index is 0.0268. The van der Waals surface area contributed by atoms with E-state index in [2.05, 4.69) is 13.1 Å². The van der Waals surface area contributed by atoms with Gasteiger partial charge in [-0.15, -0.1) is 5.17 Å². The third-order valence-corrected chi connectivity index (χ3v) is 6.89. The molecule has 0 saturated carbocycles. The molecule has 2 unspecified atom stereocenters. The van der Waals surface area contributed by atoms with Gasteiger partial charge in [-0.2, -0.15) is 13.3 Å². The van der Waals surface area contributed by atoms with Crippen molar-refractivity contribution < 1.29 is 66.6 Å². The molecule has 1 fully saturated rings. The Bertz CT molecular complexity index is 1040. The highest BCUT2D eigenvalue weighted by molar-refractivity contribution is 7.66. The molecule has 0 amide bonds. The summed E-state index contributed by atoms with van der Waals surface area (Å²) < 4.78 is 44.9. The molecule has 0 aliphatic carbocycles. The molecule has 1 aliphatic rings. The SMILES string of the molecule is O=c1ccn(N2O[C@H](COP(=O)(O)OP(=O)(O)OP(=O)(O)O)[C@@H](O)C2(O)O)c(=O)[nH]1. The Morgan fingerprint density at radius 1 is 1.10 bits per heavy atom. The van der Waals surface area contributed by atoms with Crippen molar-refractivity contribution in [2.45, 2.75) is 18.1 Å². The monoisotopic (exact) mass is 501 g/mol. The molecular weight excluding hydrogens is 487 g/mol. The minimum Gasteiger partial charge on any atom is -0.382 e. The van der Waals surface area contributed by atoms with Gasteiger partial charge in [0.1, 0.15) is 6.10 Å². The number of phosphoric acid groups is 3. The van der Waals surface area contributed by atoms with Crippen LogP contribution in [-0.2, 0) is 31.7 Å². The first-order valence-electron chi connectivity index (χ1n) is 7.14. The number of nitrogens with zero attached hydrogens (tertiary/aromatic N) is 2. The van der Waals surface area contributed by atoms with E-state index in [1.165, 1.54) is 0 Å². The number of hydrogen-bond donors (Lipinski definition) is 8. The first-order chi connectivity index (χ1) is 13.4. The fourth-order valence-corrected chi connectivity index (χ4v) is 5.01. The first-order valence-corrected chi connectivity index (χ1v) is 11.7. The number of aliphatic hydroxyl groups is 3. The lowest BCUT2D eigenvalue weighted by Gasteiger charge is -2.28. The molecule has 1 aromatic heterocycles. The van der Waals surface area contributed by atoms with Crippen LogP contribution in [0.1, 0.15) is 0 Å². The van der Waals surface area contributed by atoms with E-state index in [1.54, 1.807) is 4.98 Å². The molecule has 1 aromatic rings. The molecule has 0 radical (unpaired) electrons. The summed E-state index contributed by atoms with van der Waals surface area (Å²) in [6.07, 6.45) is -3.56. The van der Waals surface area contributed by atoms with Gasteiger partial charge < -0.3 is 34.9 Å². The van der Waals surface area contributed by atoms with Gasteiger partial charge in [0.05, 0.1) is 6.61 Å². The minimum atomic E-state index is -5.80. The average molecular weight is 501 g/mol. The number of nitrogens with one attached hydrogen (secondary N) is 1. The highest BCUT2D eigenvalue weighted by atomic mass is 31.3. The van der Waals surface area contributed by atoms with Crippen LogP contribution in [0.4, 0.5) is 0 Å². The Morgan fingerprint density at radius 3 is 2.23 bits per heavy atom. The Labute approximate surface area is 163 Å². The zero-order valence-corrected chi connectivity index (χ0v) is 16.7. The molecule has 1 aliphatic heterocycles. The van der Waals surface area contributed by atoms with Crippen LogP contribution in [0.5, 0.6) is 0 Å². The standard InChI is InChI=1S/C8H14N3O16P3/c12-5-1-2-10(7(14)9-5)11-8(15,16)6(13)4(25-11)3-24-29(20,21)27-30(22,23)26-28(17,18)19/h1-2,4,6,13,15-16H,3H2,(H,20,21)(H,22,23)(H,9,12,14)(H2,17,18,19)/t4-,6-/m1/s1. The summed E-state index contributed by atoms with van der Waals surface area (Å²) in [6.45, 7) is -1.26. The predicted molar refractivity (Wildman–Crippen MR) is 87.4 cm³/mol. The van der Waals surface area contributed by atoms with Crippen LogP contribution in [0.2, 0.25) is 0 Å². The maximum Gasteiger partial charge on any atom is 0.490 e. The molecule has 22 heteroatoms. The molecule has 4 atom stereocenters. The number of hydroxylamine groups is 1.